The van der Waals surface area contributed by atoms with Crippen LogP contribution in [-0.2, 0) is 6.54 Å². The molecule has 0 radical (unpaired) electrons. The summed E-state index contributed by atoms with van der Waals surface area (Å²) < 4.78 is 0. The number of hydrogen-bond donors (Lipinski definition) is 1. The van der Waals surface area contributed by atoms with Gasteiger partial charge in [-0.3, -0.25) is 4.90 Å². The summed E-state index contributed by atoms with van der Waals surface area (Å²) in [7, 11) is 0. The van der Waals surface area contributed by atoms with E-state index in [1.807, 2.05) is 12.1 Å². The number of hydrogen-bond acceptors (Lipinski definition) is 2. The van der Waals surface area contributed by atoms with E-state index in [2.05, 4.69) is 23.2 Å². The highest BCUT2D eigenvalue weighted by molar-refractivity contribution is 6.30. The molecule has 0 aliphatic carbocycles. The van der Waals surface area contributed by atoms with Gasteiger partial charge in [0.15, 0.2) is 0 Å². The molecule has 1 fully saturated rings. The van der Waals surface area contributed by atoms with Crippen LogP contribution in [0.5, 0.6) is 0 Å². The predicted octanol–water partition coefficient (Wildman–Crippen LogP) is 2.48. The number of nitrogens with zero attached hydrogens (tertiary/aromatic N) is 1. The first kappa shape index (κ1) is 13.8. The molecule has 0 bridgehead atoms. The van der Waals surface area contributed by atoms with E-state index >= 15 is 0 Å². The zero-order valence-corrected chi connectivity index (χ0v) is 11.1. The lowest BCUT2D eigenvalue weighted by Crippen LogP contribution is -2.42. The van der Waals surface area contributed by atoms with Crippen LogP contribution in [0.15, 0.2) is 18.2 Å². The summed E-state index contributed by atoms with van der Waals surface area (Å²) in [5, 5.41) is 4.19. The van der Waals surface area contributed by atoms with Crippen molar-refractivity contribution >= 4 is 24.0 Å². The third kappa shape index (κ3) is 3.63. The first-order valence-electron chi connectivity index (χ1n) is 5.44. The van der Waals surface area contributed by atoms with Gasteiger partial charge in [-0.1, -0.05) is 17.7 Å². The minimum atomic E-state index is 0. The zero-order valence-electron chi connectivity index (χ0n) is 9.50. The van der Waals surface area contributed by atoms with Crippen LogP contribution >= 0.6 is 24.0 Å². The quantitative estimate of drug-likeness (QED) is 0.879. The highest BCUT2D eigenvalue weighted by atomic mass is 35.5. The summed E-state index contributed by atoms with van der Waals surface area (Å²) >= 11 is 5.94. The van der Waals surface area contributed by atoms with Crippen molar-refractivity contribution in [3.05, 3.63) is 34.3 Å². The number of halogens is 2. The highest BCUT2D eigenvalue weighted by Gasteiger charge is 2.10. The maximum Gasteiger partial charge on any atom is 0.0408 e. The largest absolute Gasteiger partial charge is 0.314 e. The van der Waals surface area contributed by atoms with Gasteiger partial charge < -0.3 is 5.32 Å². The Morgan fingerprint density at radius 2 is 2.00 bits per heavy atom. The Hall–Kier alpha value is -0.280. The van der Waals surface area contributed by atoms with Crippen molar-refractivity contribution in [3.8, 4) is 0 Å². The molecule has 1 aliphatic rings. The van der Waals surface area contributed by atoms with Crippen LogP contribution in [0.25, 0.3) is 0 Å². The Morgan fingerprint density at radius 1 is 1.31 bits per heavy atom. The molecule has 2 nitrogen and oxygen atoms in total. The zero-order chi connectivity index (χ0) is 10.7. The van der Waals surface area contributed by atoms with E-state index in [4.69, 9.17) is 11.6 Å². The van der Waals surface area contributed by atoms with Crippen molar-refractivity contribution in [3.63, 3.8) is 0 Å². The molecule has 0 amide bonds. The number of nitrogens with one attached hydrogen (secondary N) is 1. The molecule has 1 saturated heterocycles. The van der Waals surface area contributed by atoms with E-state index in [0.717, 1.165) is 37.7 Å². The minimum absolute atomic E-state index is 0. The van der Waals surface area contributed by atoms with Crippen LogP contribution in [0.2, 0.25) is 5.02 Å². The smallest absolute Gasteiger partial charge is 0.0408 e. The molecular formula is C12H18Cl2N2. The Balaban J connectivity index is 0.00000128. The third-order valence-corrected chi connectivity index (χ3v) is 3.14. The molecule has 1 N–H and O–H groups in total. The van der Waals surface area contributed by atoms with Crippen molar-refractivity contribution in [2.24, 2.45) is 0 Å². The van der Waals surface area contributed by atoms with Crippen molar-refractivity contribution in [2.75, 3.05) is 26.2 Å². The van der Waals surface area contributed by atoms with Gasteiger partial charge in [-0.25, -0.2) is 0 Å². The fourth-order valence-corrected chi connectivity index (χ4v) is 2.17. The molecule has 0 spiro atoms. The topological polar surface area (TPSA) is 15.3 Å². The van der Waals surface area contributed by atoms with Crippen molar-refractivity contribution in [1.29, 1.82) is 0 Å². The van der Waals surface area contributed by atoms with Gasteiger partial charge in [0.25, 0.3) is 0 Å². The average molecular weight is 261 g/mol. The van der Waals surface area contributed by atoms with E-state index in [9.17, 15) is 0 Å². The summed E-state index contributed by atoms with van der Waals surface area (Å²) in [6.07, 6.45) is 0. The minimum Gasteiger partial charge on any atom is -0.314 e. The van der Waals surface area contributed by atoms with Gasteiger partial charge in [0.2, 0.25) is 0 Å². The maximum absolute atomic E-state index is 5.94. The second-order valence-electron chi connectivity index (χ2n) is 4.10. The summed E-state index contributed by atoms with van der Waals surface area (Å²) in [6, 6.07) is 6.16. The van der Waals surface area contributed by atoms with Crippen molar-refractivity contribution < 1.29 is 0 Å². The van der Waals surface area contributed by atoms with Crippen LogP contribution in [0.3, 0.4) is 0 Å². The highest BCUT2D eigenvalue weighted by Crippen LogP contribution is 2.16. The van der Waals surface area contributed by atoms with Gasteiger partial charge >= 0.3 is 0 Å². The molecule has 0 unspecified atom stereocenters. The predicted molar refractivity (Wildman–Crippen MR) is 71.6 cm³/mol. The molecule has 1 aromatic rings. The molecule has 4 heteroatoms. The SMILES string of the molecule is Cc1cc(Cl)ccc1CN1CCNCC1.Cl. The van der Waals surface area contributed by atoms with E-state index < -0.39 is 0 Å². The lowest BCUT2D eigenvalue weighted by Gasteiger charge is -2.27. The van der Waals surface area contributed by atoms with Crippen LogP contribution in [0.1, 0.15) is 11.1 Å². The third-order valence-electron chi connectivity index (χ3n) is 2.91. The van der Waals surface area contributed by atoms with Gasteiger partial charge in [-0.05, 0) is 30.2 Å². The van der Waals surface area contributed by atoms with Gasteiger partial charge in [0.1, 0.15) is 0 Å². The van der Waals surface area contributed by atoms with Crippen molar-refractivity contribution in [2.45, 2.75) is 13.5 Å². The second kappa shape index (κ2) is 6.45. The lowest BCUT2D eigenvalue weighted by atomic mass is 10.1. The lowest BCUT2D eigenvalue weighted by molar-refractivity contribution is 0.233. The van der Waals surface area contributed by atoms with Gasteiger partial charge in [0, 0.05) is 37.7 Å². The fourth-order valence-electron chi connectivity index (χ4n) is 1.95. The number of rotatable bonds is 2. The van der Waals surface area contributed by atoms with Gasteiger partial charge in [-0.15, -0.1) is 12.4 Å². The van der Waals surface area contributed by atoms with E-state index in [0.29, 0.717) is 0 Å². The molecule has 1 aliphatic heterocycles. The molecule has 1 heterocycles. The summed E-state index contributed by atoms with van der Waals surface area (Å²) in [4.78, 5) is 2.48. The maximum atomic E-state index is 5.94. The van der Waals surface area contributed by atoms with E-state index in [1.165, 1.54) is 11.1 Å². The molecular weight excluding hydrogens is 243 g/mol. The standard InChI is InChI=1S/C12H17ClN2.ClH/c1-10-8-12(13)3-2-11(10)9-15-6-4-14-5-7-15;/h2-3,8,14H,4-7,9H2,1H3;1H. The number of piperazine rings is 1. The average Bonchev–Trinajstić information content (AvgIpc) is 2.24. The first-order valence-corrected chi connectivity index (χ1v) is 5.81. The number of benzene rings is 1. The Bertz CT molecular complexity index is 336. The van der Waals surface area contributed by atoms with Crippen molar-refractivity contribution in [1.82, 2.24) is 10.2 Å². The summed E-state index contributed by atoms with van der Waals surface area (Å²) in [6.45, 7) is 7.66. The van der Waals surface area contributed by atoms with Crippen LogP contribution in [0, 0.1) is 6.92 Å². The molecule has 16 heavy (non-hydrogen) atoms. The van der Waals surface area contributed by atoms with E-state index in [-0.39, 0.29) is 12.4 Å². The summed E-state index contributed by atoms with van der Waals surface area (Å²) in [5.74, 6) is 0. The van der Waals surface area contributed by atoms with Gasteiger partial charge in [-0.2, -0.15) is 0 Å². The number of aryl methyl sites for hydroxylation is 1. The monoisotopic (exact) mass is 260 g/mol. The van der Waals surface area contributed by atoms with Crippen LogP contribution < -0.4 is 5.32 Å². The van der Waals surface area contributed by atoms with E-state index in [1.54, 1.807) is 0 Å². The Kier molecular flexibility index (Phi) is 5.56. The normalized spacial score (nSPS) is 16.9. The van der Waals surface area contributed by atoms with Crippen LogP contribution in [-0.4, -0.2) is 31.1 Å². The second-order valence-corrected chi connectivity index (χ2v) is 4.53. The van der Waals surface area contributed by atoms with Gasteiger partial charge in [0.05, 0.1) is 0 Å². The Morgan fingerprint density at radius 3 is 2.62 bits per heavy atom. The molecule has 0 saturated carbocycles. The molecule has 90 valence electrons. The molecule has 0 aromatic heterocycles. The van der Waals surface area contributed by atoms with Crippen LogP contribution in [0.4, 0.5) is 0 Å². The first-order chi connectivity index (χ1) is 7.25. The molecule has 2 rings (SSSR count). The molecule has 0 atom stereocenters. The fraction of sp³-hybridized carbons (Fsp3) is 0.500. The molecule has 1 aromatic carbocycles. The summed E-state index contributed by atoms with van der Waals surface area (Å²) in [5.41, 5.74) is 2.68. The Labute approximate surface area is 108 Å².